The van der Waals surface area contributed by atoms with E-state index in [-0.39, 0.29) is 6.04 Å². The molecule has 0 unspecified atom stereocenters. The maximum Gasteiger partial charge on any atom is 0.243 e. The van der Waals surface area contributed by atoms with Crippen LogP contribution >= 0.6 is 0 Å². The zero-order chi connectivity index (χ0) is 14.9. The minimum atomic E-state index is -3.38. The summed E-state index contributed by atoms with van der Waals surface area (Å²) in [7, 11) is -1.64. The molecule has 1 aromatic rings. The van der Waals surface area contributed by atoms with E-state index in [1.54, 1.807) is 17.4 Å². The summed E-state index contributed by atoms with van der Waals surface area (Å²) in [5.74, 6) is 0.725. The molecule has 112 valence electrons. The van der Waals surface area contributed by atoms with Gasteiger partial charge in [0.15, 0.2) is 0 Å². The Kier molecular flexibility index (Phi) is 4.55. The van der Waals surface area contributed by atoms with E-state index < -0.39 is 10.0 Å². The van der Waals surface area contributed by atoms with Gasteiger partial charge in [-0.15, -0.1) is 0 Å². The first-order valence-electron chi connectivity index (χ1n) is 7.37. The van der Waals surface area contributed by atoms with Gasteiger partial charge in [0.25, 0.3) is 0 Å². The van der Waals surface area contributed by atoms with Crippen LogP contribution in [0.3, 0.4) is 0 Å². The van der Waals surface area contributed by atoms with Gasteiger partial charge in [-0.05, 0) is 62.6 Å². The molecule has 0 amide bonds. The third kappa shape index (κ3) is 3.07. The highest BCUT2D eigenvalue weighted by Crippen LogP contribution is 2.30. The molecule has 1 aliphatic rings. The van der Waals surface area contributed by atoms with Gasteiger partial charge in [-0.1, -0.05) is 19.1 Å². The van der Waals surface area contributed by atoms with Gasteiger partial charge in [0.2, 0.25) is 10.0 Å². The molecule has 0 radical (unpaired) electrons. The minimum absolute atomic E-state index is 0.149. The van der Waals surface area contributed by atoms with Gasteiger partial charge in [0.1, 0.15) is 0 Å². The van der Waals surface area contributed by atoms with E-state index >= 15 is 0 Å². The Morgan fingerprint density at radius 3 is 2.30 bits per heavy atom. The lowest BCUT2D eigenvalue weighted by molar-refractivity contribution is 0.246. The lowest BCUT2D eigenvalue weighted by Gasteiger charge is -2.33. The average Bonchev–Trinajstić information content (AvgIpc) is 2.41. The van der Waals surface area contributed by atoms with Crippen molar-refractivity contribution in [3.05, 3.63) is 29.3 Å². The average molecular weight is 295 g/mol. The molecule has 0 spiro atoms. The van der Waals surface area contributed by atoms with Crippen LogP contribution < -0.4 is 0 Å². The second-order valence-corrected chi connectivity index (χ2v) is 8.17. The normalized spacial score (nSPS) is 24.1. The van der Waals surface area contributed by atoms with Crippen LogP contribution in [0.4, 0.5) is 0 Å². The molecule has 3 nitrogen and oxygen atoms in total. The molecule has 4 heteroatoms. The van der Waals surface area contributed by atoms with Crippen LogP contribution in [0, 0.1) is 19.8 Å². The van der Waals surface area contributed by atoms with Gasteiger partial charge in [-0.25, -0.2) is 8.42 Å². The molecule has 0 heterocycles. The minimum Gasteiger partial charge on any atom is -0.207 e. The maximum atomic E-state index is 12.8. The summed E-state index contributed by atoms with van der Waals surface area (Å²) >= 11 is 0. The lowest BCUT2D eigenvalue weighted by Crippen LogP contribution is -2.39. The van der Waals surface area contributed by atoms with Crippen molar-refractivity contribution in [3.63, 3.8) is 0 Å². The Morgan fingerprint density at radius 2 is 1.70 bits per heavy atom. The van der Waals surface area contributed by atoms with E-state index in [9.17, 15) is 8.42 Å². The van der Waals surface area contributed by atoms with Crippen LogP contribution in [0.2, 0.25) is 0 Å². The Morgan fingerprint density at radius 1 is 1.10 bits per heavy atom. The summed E-state index contributed by atoms with van der Waals surface area (Å²) in [5.41, 5.74) is 1.81. The summed E-state index contributed by atoms with van der Waals surface area (Å²) in [5, 5.41) is 0. The van der Waals surface area contributed by atoms with Crippen molar-refractivity contribution in [2.75, 3.05) is 7.05 Å². The van der Waals surface area contributed by atoms with Gasteiger partial charge < -0.3 is 0 Å². The summed E-state index contributed by atoms with van der Waals surface area (Å²) in [4.78, 5) is 0.457. The molecular weight excluding hydrogens is 270 g/mol. The SMILES string of the molecule is Cc1ccc(C)c(S(=O)(=O)N(C)C2CCC(C)CC2)c1. The van der Waals surface area contributed by atoms with Gasteiger partial charge >= 0.3 is 0 Å². The zero-order valence-electron chi connectivity index (χ0n) is 12.9. The number of hydrogen-bond donors (Lipinski definition) is 0. The van der Waals surface area contributed by atoms with Crippen molar-refractivity contribution in [1.82, 2.24) is 4.31 Å². The molecule has 20 heavy (non-hydrogen) atoms. The summed E-state index contributed by atoms with van der Waals surface area (Å²) in [6, 6.07) is 5.78. The van der Waals surface area contributed by atoms with E-state index in [1.165, 1.54) is 0 Å². The third-order valence-electron chi connectivity index (χ3n) is 4.50. The first-order chi connectivity index (χ1) is 9.32. The van der Waals surface area contributed by atoms with Crippen molar-refractivity contribution >= 4 is 10.0 Å². The number of sulfonamides is 1. The molecule has 1 aromatic carbocycles. The first-order valence-corrected chi connectivity index (χ1v) is 8.81. The van der Waals surface area contributed by atoms with Crippen LogP contribution in [0.15, 0.2) is 23.1 Å². The van der Waals surface area contributed by atoms with Crippen LogP contribution in [0.5, 0.6) is 0 Å². The van der Waals surface area contributed by atoms with E-state index in [0.29, 0.717) is 4.90 Å². The Bertz CT molecular complexity index is 572. The quantitative estimate of drug-likeness (QED) is 0.856. The Labute approximate surface area is 123 Å². The van der Waals surface area contributed by atoms with Crippen molar-refractivity contribution in [2.24, 2.45) is 5.92 Å². The maximum absolute atomic E-state index is 12.8. The van der Waals surface area contributed by atoms with Gasteiger partial charge in [-0.2, -0.15) is 4.31 Å². The molecule has 1 saturated carbocycles. The van der Waals surface area contributed by atoms with Crippen molar-refractivity contribution in [1.29, 1.82) is 0 Å². The Balaban J connectivity index is 2.27. The predicted molar refractivity (Wildman–Crippen MR) is 82.3 cm³/mol. The molecule has 0 saturated heterocycles. The van der Waals surface area contributed by atoms with Crippen LogP contribution in [-0.4, -0.2) is 25.8 Å². The molecule has 1 fully saturated rings. The molecule has 1 aliphatic carbocycles. The van der Waals surface area contributed by atoms with Crippen molar-refractivity contribution in [2.45, 2.75) is 57.4 Å². The fourth-order valence-corrected chi connectivity index (χ4v) is 4.67. The molecule has 0 N–H and O–H groups in total. The van der Waals surface area contributed by atoms with Crippen molar-refractivity contribution in [3.8, 4) is 0 Å². The lowest BCUT2D eigenvalue weighted by atomic mass is 9.87. The summed E-state index contributed by atoms with van der Waals surface area (Å²) < 4.78 is 27.2. The molecular formula is C16H25NO2S. The number of rotatable bonds is 3. The second kappa shape index (κ2) is 5.86. The van der Waals surface area contributed by atoms with E-state index in [4.69, 9.17) is 0 Å². The second-order valence-electron chi connectivity index (χ2n) is 6.20. The fraction of sp³-hybridized carbons (Fsp3) is 0.625. The van der Waals surface area contributed by atoms with Gasteiger partial charge in [0.05, 0.1) is 4.90 Å². The largest absolute Gasteiger partial charge is 0.243 e. The van der Waals surface area contributed by atoms with Crippen LogP contribution in [0.1, 0.15) is 43.7 Å². The predicted octanol–water partition coefficient (Wildman–Crippen LogP) is 3.50. The number of benzene rings is 1. The Hall–Kier alpha value is -0.870. The molecule has 0 aromatic heterocycles. The third-order valence-corrected chi connectivity index (χ3v) is 6.55. The topological polar surface area (TPSA) is 37.4 Å². The summed E-state index contributed by atoms with van der Waals surface area (Å²) in [6.45, 7) is 6.04. The zero-order valence-corrected chi connectivity index (χ0v) is 13.7. The highest BCUT2D eigenvalue weighted by Gasteiger charge is 2.31. The highest BCUT2D eigenvalue weighted by molar-refractivity contribution is 7.89. The van der Waals surface area contributed by atoms with Gasteiger partial charge in [0, 0.05) is 13.1 Å². The van der Waals surface area contributed by atoms with E-state index in [0.717, 1.165) is 42.7 Å². The monoisotopic (exact) mass is 295 g/mol. The van der Waals surface area contributed by atoms with Gasteiger partial charge in [-0.3, -0.25) is 0 Å². The van der Waals surface area contributed by atoms with E-state index in [1.807, 2.05) is 26.0 Å². The first kappa shape index (κ1) is 15.5. The molecule has 2 rings (SSSR count). The number of hydrogen-bond acceptors (Lipinski definition) is 2. The van der Waals surface area contributed by atoms with Crippen LogP contribution in [0.25, 0.3) is 0 Å². The number of nitrogens with zero attached hydrogens (tertiary/aromatic N) is 1. The number of aryl methyl sites for hydroxylation is 2. The highest BCUT2D eigenvalue weighted by atomic mass is 32.2. The van der Waals surface area contributed by atoms with E-state index in [2.05, 4.69) is 6.92 Å². The van der Waals surface area contributed by atoms with Crippen molar-refractivity contribution < 1.29 is 8.42 Å². The van der Waals surface area contributed by atoms with Crippen LogP contribution in [-0.2, 0) is 10.0 Å². The summed E-state index contributed by atoms with van der Waals surface area (Å²) in [6.07, 6.45) is 4.19. The molecule has 0 atom stereocenters. The smallest absolute Gasteiger partial charge is 0.207 e. The molecule has 0 bridgehead atoms. The standard InChI is InChI=1S/C16H25NO2S/c1-12-6-9-15(10-7-12)17(4)20(18,19)16-11-13(2)5-8-14(16)3/h5,8,11-12,15H,6-7,9-10H2,1-4H3. The molecule has 0 aliphatic heterocycles. The fourth-order valence-electron chi connectivity index (χ4n) is 2.94.